The van der Waals surface area contributed by atoms with E-state index >= 15 is 0 Å². The third kappa shape index (κ3) is 2.94. The summed E-state index contributed by atoms with van der Waals surface area (Å²) >= 11 is 0. The lowest BCUT2D eigenvalue weighted by Crippen LogP contribution is -2.53. The summed E-state index contributed by atoms with van der Waals surface area (Å²) in [7, 11) is 1.58. The summed E-state index contributed by atoms with van der Waals surface area (Å²) in [4.78, 5) is 2.45. The normalized spacial score (nSPS) is 25.1. The summed E-state index contributed by atoms with van der Waals surface area (Å²) in [5, 5.41) is 13.1. The monoisotopic (exact) mass is 250 g/mol. The Balaban J connectivity index is 2.08. The highest BCUT2D eigenvalue weighted by Gasteiger charge is 2.22. The van der Waals surface area contributed by atoms with Crippen LogP contribution in [-0.2, 0) is 6.54 Å². The van der Waals surface area contributed by atoms with Gasteiger partial charge in [-0.3, -0.25) is 4.90 Å². The van der Waals surface area contributed by atoms with E-state index in [2.05, 4.69) is 24.1 Å². The number of hydrogen-bond donors (Lipinski definition) is 2. The Morgan fingerprint density at radius 1 is 1.44 bits per heavy atom. The second-order valence-corrected chi connectivity index (χ2v) is 5.09. The average molecular weight is 250 g/mol. The molecule has 1 saturated heterocycles. The molecule has 0 spiro atoms. The van der Waals surface area contributed by atoms with E-state index < -0.39 is 0 Å². The van der Waals surface area contributed by atoms with Crippen LogP contribution < -0.4 is 10.1 Å². The topological polar surface area (TPSA) is 44.7 Å². The first-order valence-corrected chi connectivity index (χ1v) is 6.43. The van der Waals surface area contributed by atoms with Crippen molar-refractivity contribution in [2.75, 3.05) is 20.2 Å². The first kappa shape index (κ1) is 13.2. The van der Waals surface area contributed by atoms with Crippen LogP contribution in [-0.4, -0.2) is 42.3 Å². The third-order valence-corrected chi connectivity index (χ3v) is 3.52. The van der Waals surface area contributed by atoms with Crippen molar-refractivity contribution in [1.82, 2.24) is 10.2 Å². The molecule has 0 aromatic heterocycles. The van der Waals surface area contributed by atoms with Crippen LogP contribution in [0.3, 0.4) is 0 Å². The van der Waals surface area contributed by atoms with Crippen molar-refractivity contribution in [2.45, 2.75) is 32.5 Å². The van der Waals surface area contributed by atoms with Crippen LogP contribution in [0.1, 0.15) is 19.4 Å². The molecule has 0 amide bonds. The van der Waals surface area contributed by atoms with Crippen molar-refractivity contribution >= 4 is 0 Å². The lowest BCUT2D eigenvalue weighted by Gasteiger charge is -2.37. The maximum Gasteiger partial charge on any atom is 0.160 e. The molecule has 1 aliphatic heterocycles. The van der Waals surface area contributed by atoms with Crippen LogP contribution in [0.15, 0.2) is 18.2 Å². The fourth-order valence-electron chi connectivity index (χ4n) is 2.37. The van der Waals surface area contributed by atoms with Gasteiger partial charge in [0.05, 0.1) is 7.11 Å². The van der Waals surface area contributed by atoms with Gasteiger partial charge in [0.25, 0.3) is 0 Å². The minimum atomic E-state index is 0.197. The minimum absolute atomic E-state index is 0.197. The van der Waals surface area contributed by atoms with Crippen molar-refractivity contribution in [3.05, 3.63) is 23.8 Å². The van der Waals surface area contributed by atoms with E-state index in [1.807, 2.05) is 12.1 Å². The van der Waals surface area contributed by atoms with Gasteiger partial charge < -0.3 is 15.2 Å². The van der Waals surface area contributed by atoms with Gasteiger partial charge in [-0.15, -0.1) is 0 Å². The summed E-state index contributed by atoms with van der Waals surface area (Å²) in [5.74, 6) is 0.742. The van der Waals surface area contributed by atoms with Gasteiger partial charge in [-0.1, -0.05) is 6.07 Å². The van der Waals surface area contributed by atoms with E-state index in [9.17, 15) is 5.11 Å². The predicted molar refractivity (Wildman–Crippen MR) is 72.0 cm³/mol. The number of hydrogen-bond acceptors (Lipinski definition) is 4. The Hall–Kier alpha value is -1.26. The highest BCUT2D eigenvalue weighted by molar-refractivity contribution is 5.41. The van der Waals surface area contributed by atoms with E-state index in [0.29, 0.717) is 17.8 Å². The number of phenols is 1. The molecule has 2 atom stereocenters. The average Bonchev–Trinajstić information content (AvgIpc) is 2.36. The van der Waals surface area contributed by atoms with E-state index in [1.165, 1.54) is 5.56 Å². The number of ether oxygens (including phenoxy) is 1. The SMILES string of the molecule is COc1cc(CN2CC(C)NCC2C)ccc1O. The molecule has 2 unspecified atom stereocenters. The molecular formula is C14H22N2O2. The molecule has 1 aromatic rings. The summed E-state index contributed by atoms with van der Waals surface area (Å²) in [6.45, 7) is 7.40. The van der Waals surface area contributed by atoms with Crippen LogP contribution in [0.5, 0.6) is 11.5 Å². The van der Waals surface area contributed by atoms with Crippen molar-refractivity contribution in [3.8, 4) is 11.5 Å². The molecule has 0 aliphatic carbocycles. The van der Waals surface area contributed by atoms with Crippen LogP contribution in [0, 0.1) is 0 Å². The summed E-state index contributed by atoms with van der Waals surface area (Å²) in [5.41, 5.74) is 1.17. The van der Waals surface area contributed by atoms with Gasteiger partial charge in [0.15, 0.2) is 11.5 Å². The standard InChI is InChI=1S/C14H22N2O2/c1-10-8-16(11(2)7-15-10)9-12-4-5-13(17)14(6-12)18-3/h4-6,10-11,15,17H,7-9H2,1-3H3. The Bertz CT molecular complexity index is 409. The van der Waals surface area contributed by atoms with E-state index in [1.54, 1.807) is 13.2 Å². The molecule has 0 bridgehead atoms. The van der Waals surface area contributed by atoms with Gasteiger partial charge in [-0.05, 0) is 31.5 Å². The predicted octanol–water partition coefficient (Wildman–Crippen LogP) is 1.58. The van der Waals surface area contributed by atoms with Crippen LogP contribution in [0.25, 0.3) is 0 Å². The summed E-state index contributed by atoms with van der Waals surface area (Å²) in [6, 6.07) is 6.62. The number of aromatic hydroxyl groups is 1. The molecule has 18 heavy (non-hydrogen) atoms. The molecule has 4 heteroatoms. The smallest absolute Gasteiger partial charge is 0.160 e. The Morgan fingerprint density at radius 2 is 2.22 bits per heavy atom. The molecule has 0 saturated carbocycles. The van der Waals surface area contributed by atoms with Crippen molar-refractivity contribution < 1.29 is 9.84 Å². The maximum atomic E-state index is 9.59. The largest absolute Gasteiger partial charge is 0.504 e. The molecule has 1 fully saturated rings. The van der Waals surface area contributed by atoms with Gasteiger partial charge >= 0.3 is 0 Å². The fourth-order valence-corrected chi connectivity index (χ4v) is 2.37. The van der Waals surface area contributed by atoms with Crippen LogP contribution in [0.2, 0.25) is 0 Å². The number of methoxy groups -OCH3 is 1. The Morgan fingerprint density at radius 3 is 2.94 bits per heavy atom. The lowest BCUT2D eigenvalue weighted by atomic mass is 10.1. The molecule has 1 aliphatic rings. The number of piperazine rings is 1. The van der Waals surface area contributed by atoms with Gasteiger partial charge in [0.1, 0.15) is 0 Å². The van der Waals surface area contributed by atoms with Crippen LogP contribution >= 0.6 is 0 Å². The molecule has 2 N–H and O–H groups in total. The number of nitrogens with zero attached hydrogens (tertiary/aromatic N) is 1. The summed E-state index contributed by atoms with van der Waals surface area (Å²) < 4.78 is 5.14. The number of rotatable bonds is 3. The second-order valence-electron chi connectivity index (χ2n) is 5.09. The Kier molecular flexibility index (Phi) is 4.09. The van der Waals surface area contributed by atoms with Gasteiger partial charge in [0.2, 0.25) is 0 Å². The van der Waals surface area contributed by atoms with Crippen LogP contribution in [0.4, 0.5) is 0 Å². The second kappa shape index (κ2) is 5.59. The highest BCUT2D eigenvalue weighted by atomic mass is 16.5. The molecule has 1 heterocycles. The summed E-state index contributed by atoms with van der Waals surface area (Å²) in [6.07, 6.45) is 0. The molecule has 100 valence electrons. The maximum absolute atomic E-state index is 9.59. The highest BCUT2D eigenvalue weighted by Crippen LogP contribution is 2.27. The molecule has 2 rings (SSSR count). The fraction of sp³-hybridized carbons (Fsp3) is 0.571. The quantitative estimate of drug-likeness (QED) is 0.855. The first-order chi connectivity index (χ1) is 8.60. The lowest BCUT2D eigenvalue weighted by molar-refractivity contribution is 0.138. The Labute approximate surface area is 109 Å². The van der Waals surface area contributed by atoms with Crippen molar-refractivity contribution in [3.63, 3.8) is 0 Å². The molecular weight excluding hydrogens is 228 g/mol. The minimum Gasteiger partial charge on any atom is -0.504 e. The van der Waals surface area contributed by atoms with Gasteiger partial charge in [-0.25, -0.2) is 0 Å². The number of nitrogens with one attached hydrogen (secondary N) is 1. The zero-order valence-electron chi connectivity index (χ0n) is 11.3. The van der Waals surface area contributed by atoms with E-state index in [0.717, 1.165) is 19.6 Å². The number of phenolic OH excluding ortho intramolecular Hbond substituents is 1. The van der Waals surface area contributed by atoms with E-state index in [4.69, 9.17) is 4.74 Å². The van der Waals surface area contributed by atoms with Crippen molar-refractivity contribution in [2.24, 2.45) is 0 Å². The first-order valence-electron chi connectivity index (χ1n) is 6.43. The van der Waals surface area contributed by atoms with Gasteiger partial charge in [0, 0.05) is 31.7 Å². The molecule has 4 nitrogen and oxygen atoms in total. The zero-order valence-corrected chi connectivity index (χ0v) is 11.3. The number of benzene rings is 1. The van der Waals surface area contributed by atoms with Crippen molar-refractivity contribution in [1.29, 1.82) is 0 Å². The zero-order chi connectivity index (χ0) is 13.1. The van der Waals surface area contributed by atoms with Gasteiger partial charge in [-0.2, -0.15) is 0 Å². The van der Waals surface area contributed by atoms with E-state index in [-0.39, 0.29) is 5.75 Å². The third-order valence-electron chi connectivity index (χ3n) is 3.52. The molecule has 0 radical (unpaired) electrons. The molecule has 1 aromatic carbocycles.